The van der Waals surface area contributed by atoms with Crippen LogP contribution in [0.15, 0.2) is 0 Å². The predicted octanol–water partition coefficient (Wildman–Crippen LogP) is 1.26. The van der Waals surface area contributed by atoms with Gasteiger partial charge in [-0.15, -0.1) is 0 Å². The van der Waals surface area contributed by atoms with Crippen LogP contribution in [0.3, 0.4) is 0 Å². The zero-order valence-corrected chi connectivity index (χ0v) is 7.65. The zero-order valence-electron chi connectivity index (χ0n) is 7.65. The van der Waals surface area contributed by atoms with Gasteiger partial charge in [-0.1, -0.05) is 0 Å². The molecule has 1 unspecified atom stereocenters. The number of aliphatic carboxylic acids is 1. The number of carboxylic acids is 1. The van der Waals surface area contributed by atoms with Crippen LogP contribution >= 0.6 is 0 Å². The first-order valence-corrected chi connectivity index (χ1v) is 5.06. The topological polar surface area (TPSA) is 57.5 Å². The van der Waals surface area contributed by atoms with Gasteiger partial charge in [-0.25, -0.2) is 0 Å². The lowest BCUT2D eigenvalue weighted by atomic mass is 9.67. The van der Waals surface area contributed by atoms with Crippen LogP contribution in [0.5, 0.6) is 0 Å². The van der Waals surface area contributed by atoms with Gasteiger partial charge in [0.1, 0.15) is 0 Å². The summed E-state index contributed by atoms with van der Waals surface area (Å²) >= 11 is 0. The first kappa shape index (κ1) is 9.00. The molecule has 13 heavy (non-hydrogen) atoms. The molecular formula is C10H16O3. The first-order chi connectivity index (χ1) is 6.15. The molecule has 0 saturated heterocycles. The molecule has 2 fully saturated rings. The molecular weight excluding hydrogens is 168 g/mol. The number of carbonyl (C=O) groups is 1. The average Bonchev–Trinajstić information content (AvgIpc) is 2.01. The van der Waals surface area contributed by atoms with Crippen molar-refractivity contribution in [3.05, 3.63) is 0 Å². The Labute approximate surface area is 77.8 Å². The molecule has 0 aromatic rings. The summed E-state index contributed by atoms with van der Waals surface area (Å²) in [7, 11) is 0. The van der Waals surface area contributed by atoms with Gasteiger partial charge in [-0.2, -0.15) is 0 Å². The molecule has 0 aromatic heterocycles. The number of aliphatic hydroxyl groups is 1. The van der Waals surface area contributed by atoms with Gasteiger partial charge in [0, 0.05) is 0 Å². The van der Waals surface area contributed by atoms with E-state index >= 15 is 0 Å². The van der Waals surface area contributed by atoms with Crippen molar-refractivity contribution in [1.82, 2.24) is 0 Å². The van der Waals surface area contributed by atoms with Gasteiger partial charge in [0.05, 0.1) is 12.0 Å². The van der Waals surface area contributed by atoms with Crippen LogP contribution in [-0.2, 0) is 4.79 Å². The van der Waals surface area contributed by atoms with Crippen LogP contribution in [0, 0.1) is 17.8 Å². The number of aliphatic hydroxyl groups excluding tert-OH is 1. The molecule has 2 aliphatic rings. The Kier molecular flexibility index (Phi) is 2.28. The maximum Gasteiger partial charge on any atom is 0.306 e. The summed E-state index contributed by atoms with van der Waals surface area (Å²) in [5, 5.41) is 18.4. The van der Waals surface area contributed by atoms with E-state index in [-0.39, 0.29) is 12.0 Å². The average molecular weight is 184 g/mol. The number of fused-ring (bicyclic) bond motifs is 2. The van der Waals surface area contributed by atoms with Crippen molar-refractivity contribution in [3.8, 4) is 0 Å². The maximum atomic E-state index is 10.8. The summed E-state index contributed by atoms with van der Waals surface area (Å²) in [6.07, 6.45) is 4.17. The second-order valence-electron chi connectivity index (χ2n) is 4.60. The van der Waals surface area contributed by atoms with E-state index in [0.29, 0.717) is 11.8 Å². The summed E-state index contributed by atoms with van der Waals surface area (Å²) < 4.78 is 0. The van der Waals surface area contributed by atoms with E-state index < -0.39 is 5.97 Å². The Balaban J connectivity index is 2.01. The van der Waals surface area contributed by atoms with Crippen molar-refractivity contribution in [2.24, 2.45) is 17.8 Å². The monoisotopic (exact) mass is 184 g/mol. The maximum absolute atomic E-state index is 10.8. The van der Waals surface area contributed by atoms with E-state index in [0.717, 1.165) is 32.1 Å². The van der Waals surface area contributed by atoms with Crippen molar-refractivity contribution in [2.75, 3.05) is 0 Å². The predicted molar refractivity (Wildman–Crippen MR) is 47.2 cm³/mol. The summed E-state index contributed by atoms with van der Waals surface area (Å²) in [5.41, 5.74) is 0. The molecule has 2 saturated carbocycles. The lowest BCUT2D eigenvalue weighted by molar-refractivity contribution is -0.145. The highest BCUT2D eigenvalue weighted by atomic mass is 16.4. The van der Waals surface area contributed by atoms with E-state index in [4.69, 9.17) is 5.11 Å². The molecule has 2 aliphatic carbocycles. The molecule has 0 amide bonds. The number of carboxylic acid groups (broad SMARTS) is 1. The second-order valence-corrected chi connectivity index (χ2v) is 4.60. The van der Waals surface area contributed by atoms with Crippen LogP contribution in [-0.4, -0.2) is 22.3 Å². The Morgan fingerprint density at radius 3 is 2.00 bits per heavy atom. The number of hydrogen-bond donors (Lipinski definition) is 2. The Bertz CT molecular complexity index is 196. The summed E-state index contributed by atoms with van der Waals surface area (Å²) in [6, 6.07) is 0. The highest BCUT2D eigenvalue weighted by Gasteiger charge is 2.37. The van der Waals surface area contributed by atoms with Crippen molar-refractivity contribution in [2.45, 2.75) is 38.2 Å². The molecule has 2 rings (SSSR count). The van der Waals surface area contributed by atoms with Gasteiger partial charge in [0.15, 0.2) is 0 Å². The minimum absolute atomic E-state index is 0.142. The number of rotatable bonds is 1. The minimum Gasteiger partial charge on any atom is -0.481 e. The molecule has 74 valence electrons. The van der Waals surface area contributed by atoms with E-state index in [1.165, 1.54) is 0 Å². The molecule has 0 aromatic carbocycles. The fourth-order valence-corrected chi connectivity index (χ4v) is 3.02. The molecule has 2 N–H and O–H groups in total. The van der Waals surface area contributed by atoms with Gasteiger partial charge in [-0.3, -0.25) is 4.79 Å². The fraction of sp³-hybridized carbons (Fsp3) is 0.900. The van der Waals surface area contributed by atoms with Gasteiger partial charge in [-0.05, 0) is 43.9 Å². The van der Waals surface area contributed by atoms with E-state index in [9.17, 15) is 9.90 Å². The van der Waals surface area contributed by atoms with Gasteiger partial charge in [0.25, 0.3) is 0 Å². The molecule has 3 heteroatoms. The fourth-order valence-electron chi connectivity index (χ4n) is 3.02. The lowest BCUT2D eigenvalue weighted by Gasteiger charge is -2.39. The molecule has 0 heterocycles. The van der Waals surface area contributed by atoms with Crippen molar-refractivity contribution in [1.29, 1.82) is 0 Å². The van der Waals surface area contributed by atoms with Crippen LogP contribution in [0.1, 0.15) is 32.1 Å². The van der Waals surface area contributed by atoms with E-state index in [1.807, 2.05) is 0 Å². The molecule has 0 spiro atoms. The van der Waals surface area contributed by atoms with Gasteiger partial charge < -0.3 is 10.2 Å². The summed E-state index contributed by atoms with van der Waals surface area (Å²) in [4.78, 5) is 10.8. The third-order valence-corrected chi connectivity index (χ3v) is 3.46. The van der Waals surface area contributed by atoms with Crippen molar-refractivity contribution in [3.63, 3.8) is 0 Å². The molecule has 3 nitrogen and oxygen atoms in total. The summed E-state index contributed by atoms with van der Waals surface area (Å²) in [5.74, 6) is 0.134. The highest BCUT2D eigenvalue weighted by molar-refractivity contribution is 5.70. The van der Waals surface area contributed by atoms with Crippen molar-refractivity contribution < 1.29 is 15.0 Å². The third-order valence-electron chi connectivity index (χ3n) is 3.46. The van der Waals surface area contributed by atoms with E-state index in [1.54, 1.807) is 0 Å². The van der Waals surface area contributed by atoms with Gasteiger partial charge >= 0.3 is 5.97 Å². The third kappa shape index (κ3) is 1.85. The second kappa shape index (κ2) is 3.29. The van der Waals surface area contributed by atoms with Crippen LogP contribution in [0.2, 0.25) is 0 Å². The molecule has 2 bridgehead atoms. The Morgan fingerprint density at radius 2 is 1.54 bits per heavy atom. The van der Waals surface area contributed by atoms with Gasteiger partial charge in [0.2, 0.25) is 0 Å². The van der Waals surface area contributed by atoms with Crippen LogP contribution in [0.25, 0.3) is 0 Å². The molecule has 0 aliphatic heterocycles. The quantitative estimate of drug-likeness (QED) is 0.645. The minimum atomic E-state index is -0.647. The SMILES string of the molecule is O=C(O)[C@H]1CC2C[C@H](O)C[C@H](C2)C1. The van der Waals surface area contributed by atoms with E-state index in [2.05, 4.69) is 0 Å². The molecule has 0 radical (unpaired) electrons. The lowest BCUT2D eigenvalue weighted by Crippen LogP contribution is -2.35. The van der Waals surface area contributed by atoms with Crippen molar-refractivity contribution >= 4 is 5.97 Å². The highest BCUT2D eigenvalue weighted by Crippen LogP contribution is 2.42. The Morgan fingerprint density at radius 1 is 1.00 bits per heavy atom. The Hall–Kier alpha value is -0.570. The largest absolute Gasteiger partial charge is 0.481 e. The first-order valence-electron chi connectivity index (χ1n) is 5.06. The molecule has 4 atom stereocenters. The number of hydrogen-bond acceptors (Lipinski definition) is 2. The van der Waals surface area contributed by atoms with Crippen LogP contribution < -0.4 is 0 Å². The zero-order chi connectivity index (χ0) is 9.42. The van der Waals surface area contributed by atoms with Crippen LogP contribution in [0.4, 0.5) is 0 Å². The summed E-state index contributed by atoms with van der Waals surface area (Å²) in [6.45, 7) is 0. The standard InChI is InChI=1S/C10H16O3/c11-9-4-6-1-7(5-9)3-8(2-6)10(12)13/h6-9,11H,1-5H2,(H,12,13)/t6-,7?,8-,9-/m1/s1. The smallest absolute Gasteiger partial charge is 0.306 e. The normalized spacial score (nSPS) is 44.4.